The van der Waals surface area contributed by atoms with E-state index >= 15 is 0 Å². The van der Waals surface area contributed by atoms with Crippen LogP contribution in [0.1, 0.15) is 52.5 Å². The highest BCUT2D eigenvalue weighted by atomic mass is 32.2. The second-order valence-corrected chi connectivity index (χ2v) is 8.51. The third kappa shape index (κ3) is 5.52. The van der Waals surface area contributed by atoms with Crippen LogP contribution >= 0.6 is 11.3 Å². The van der Waals surface area contributed by atoms with Crippen LogP contribution in [0.4, 0.5) is 0 Å². The van der Waals surface area contributed by atoms with E-state index in [-0.39, 0.29) is 0 Å². The third-order valence-corrected chi connectivity index (χ3v) is 6.12. The molecule has 4 nitrogen and oxygen atoms in total. The SMILES string of the molecule is CCCNCc1csc(S(=O)(=O)NC(C)(C)CCC)c1. The minimum absolute atomic E-state index is 0.398. The van der Waals surface area contributed by atoms with Gasteiger partial charge < -0.3 is 5.32 Å². The zero-order valence-electron chi connectivity index (χ0n) is 12.8. The number of nitrogens with one attached hydrogen (secondary N) is 2. The number of thiophene rings is 1. The molecule has 0 aliphatic rings. The zero-order valence-corrected chi connectivity index (χ0v) is 14.5. The summed E-state index contributed by atoms with van der Waals surface area (Å²) in [5, 5.41) is 5.18. The minimum Gasteiger partial charge on any atom is -0.313 e. The van der Waals surface area contributed by atoms with Crippen LogP contribution in [0.5, 0.6) is 0 Å². The Bertz CT molecular complexity index is 507. The van der Waals surface area contributed by atoms with Crippen LogP contribution in [0.2, 0.25) is 0 Å². The number of sulfonamides is 1. The molecule has 6 heteroatoms. The van der Waals surface area contributed by atoms with Crippen LogP contribution in [0.15, 0.2) is 15.7 Å². The lowest BCUT2D eigenvalue weighted by Crippen LogP contribution is -2.42. The normalized spacial score (nSPS) is 12.8. The zero-order chi connectivity index (χ0) is 15.2. The monoisotopic (exact) mass is 318 g/mol. The highest BCUT2D eigenvalue weighted by molar-refractivity contribution is 7.91. The fourth-order valence-electron chi connectivity index (χ4n) is 2.09. The third-order valence-electron chi connectivity index (χ3n) is 2.94. The van der Waals surface area contributed by atoms with E-state index in [1.165, 1.54) is 11.3 Å². The molecule has 0 aromatic carbocycles. The van der Waals surface area contributed by atoms with Crippen molar-refractivity contribution in [3.63, 3.8) is 0 Å². The molecule has 0 radical (unpaired) electrons. The van der Waals surface area contributed by atoms with Gasteiger partial charge >= 0.3 is 0 Å². The summed E-state index contributed by atoms with van der Waals surface area (Å²) in [6.07, 6.45) is 2.84. The van der Waals surface area contributed by atoms with Gasteiger partial charge in [0, 0.05) is 12.1 Å². The molecule has 0 spiro atoms. The first-order valence-electron chi connectivity index (χ1n) is 7.13. The average Bonchev–Trinajstić information content (AvgIpc) is 2.77. The average molecular weight is 319 g/mol. The molecular weight excluding hydrogens is 292 g/mol. The molecule has 1 heterocycles. The Kier molecular flexibility index (Phi) is 6.64. The lowest BCUT2D eigenvalue weighted by molar-refractivity contribution is 0.418. The van der Waals surface area contributed by atoms with Gasteiger partial charge in [0.05, 0.1) is 0 Å². The summed E-state index contributed by atoms with van der Waals surface area (Å²) in [4.78, 5) is 0. The van der Waals surface area contributed by atoms with Crippen LogP contribution in [0.25, 0.3) is 0 Å². The highest BCUT2D eigenvalue weighted by Gasteiger charge is 2.26. The first-order chi connectivity index (χ1) is 9.30. The Balaban J connectivity index is 2.73. The Labute approximate surface area is 127 Å². The van der Waals surface area contributed by atoms with Gasteiger partial charge in [-0.25, -0.2) is 13.1 Å². The molecule has 1 aromatic heterocycles. The standard InChI is InChI=1S/C14H26N2O2S2/c1-5-7-14(3,4)16-20(17,18)13-9-12(11-19-13)10-15-8-6-2/h9,11,15-16H,5-8,10H2,1-4H3. The van der Waals surface area contributed by atoms with Crippen LogP contribution in [-0.4, -0.2) is 20.5 Å². The lowest BCUT2D eigenvalue weighted by atomic mass is 10.0. The summed E-state index contributed by atoms with van der Waals surface area (Å²) in [5.41, 5.74) is 0.621. The van der Waals surface area contributed by atoms with Crippen molar-refractivity contribution in [3.8, 4) is 0 Å². The van der Waals surface area contributed by atoms with Crippen molar-refractivity contribution >= 4 is 21.4 Å². The summed E-state index contributed by atoms with van der Waals surface area (Å²) < 4.78 is 27.9. The number of hydrogen-bond acceptors (Lipinski definition) is 4. The van der Waals surface area contributed by atoms with Crippen molar-refractivity contribution < 1.29 is 8.42 Å². The van der Waals surface area contributed by atoms with Crippen molar-refractivity contribution in [2.24, 2.45) is 0 Å². The van der Waals surface area contributed by atoms with E-state index in [1.54, 1.807) is 6.07 Å². The molecule has 2 N–H and O–H groups in total. The van der Waals surface area contributed by atoms with Crippen LogP contribution in [-0.2, 0) is 16.6 Å². The molecule has 0 saturated carbocycles. The first-order valence-corrected chi connectivity index (χ1v) is 9.49. The molecule has 0 aliphatic carbocycles. The Morgan fingerprint density at radius 3 is 2.55 bits per heavy atom. The fraction of sp³-hybridized carbons (Fsp3) is 0.714. The van der Waals surface area contributed by atoms with E-state index in [0.717, 1.165) is 37.9 Å². The molecule has 1 aromatic rings. The van der Waals surface area contributed by atoms with Crippen molar-refractivity contribution in [3.05, 3.63) is 17.0 Å². The van der Waals surface area contributed by atoms with E-state index in [0.29, 0.717) is 4.21 Å². The van der Waals surface area contributed by atoms with Crippen molar-refractivity contribution in [2.75, 3.05) is 6.54 Å². The summed E-state index contributed by atoms with van der Waals surface area (Å²) in [5.74, 6) is 0. The molecule has 0 unspecified atom stereocenters. The minimum atomic E-state index is -3.41. The molecule has 0 amide bonds. The van der Waals surface area contributed by atoms with E-state index in [1.807, 2.05) is 19.2 Å². The Hall–Kier alpha value is -0.430. The maximum atomic E-state index is 12.3. The van der Waals surface area contributed by atoms with Crippen LogP contribution in [0.3, 0.4) is 0 Å². The van der Waals surface area contributed by atoms with Crippen LogP contribution < -0.4 is 10.0 Å². The van der Waals surface area contributed by atoms with E-state index < -0.39 is 15.6 Å². The molecule has 116 valence electrons. The second kappa shape index (κ2) is 7.54. The number of rotatable bonds is 9. The van der Waals surface area contributed by atoms with Gasteiger partial charge in [-0.2, -0.15) is 0 Å². The van der Waals surface area contributed by atoms with Gasteiger partial charge in [0.15, 0.2) is 0 Å². The summed E-state index contributed by atoms with van der Waals surface area (Å²) in [7, 11) is -3.41. The maximum absolute atomic E-state index is 12.3. The molecule has 0 fully saturated rings. The maximum Gasteiger partial charge on any atom is 0.250 e. The predicted octanol–water partition coefficient (Wildman–Crippen LogP) is 3.10. The molecule has 20 heavy (non-hydrogen) atoms. The van der Waals surface area contributed by atoms with Gasteiger partial charge in [0.25, 0.3) is 10.0 Å². The van der Waals surface area contributed by atoms with Crippen molar-refractivity contribution in [1.82, 2.24) is 10.0 Å². The highest BCUT2D eigenvalue weighted by Crippen LogP contribution is 2.23. The van der Waals surface area contributed by atoms with Crippen molar-refractivity contribution in [2.45, 2.75) is 63.3 Å². The Morgan fingerprint density at radius 1 is 1.25 bits per heavy atom. The van der Waals surface area contributed by atoms with E-state index in [2.05, 4.69) is 23.9 Å². The predicted molar refractivity (Wildman–Crippen MR) is 85.6 cm³/mol. The van der Waals surface area contributed by atoms with Gasteiger partial charge in [-0.05, 0) is 50.2 Å². The lowest BCUT2D eigenvalue weighted by Gasteiger charge is -2.24. The van der Waals surface area contributed by atoms with Gasteiger partial charge in [0.2, 0.25) is 0 Å². The first kappa shape index (κ1) is 17.6. The van der Waals surface area contributed by atoms with Crippen LogP contribution in [0, 0.1) is 0 Å². The molecule has 0 saturated heterocycles. The largest absolute Gasteiger partial charge is 0.313 e. The second-order valence-electron chi connectivity index (χ2n) is 5.69. The number of hydrogen-bond donors (Lipinski definition) is 2. The molecule has 0 atom stereocenters. The smallest absolute Gasteiger partial charge is 0.250 e. The molecular formula is C14H26N2O2S2. The molecule has 1 rings (SSSR count). The van der Waals surface area contributed by atoms with Gasteiger partial charge in [0.1, 0.15) is 4.21 Å². The molecule has 0 bridgehead atoms. The summed E-state index contributed by atoms with van der Waals surface area (Å²) >= 11 is 1.28. The van der Waals surface area contributed by atoms with Gasteiger partial charge in [-0.3, -0.25) is 0 Å². The molecule has 0 aliphatic heterocycles. The topological polar surface area (TPSA) is 58.2 Å². The van der Waals surface area contributed by atoms with Gasteiger partial charge in [-0.1, -0.05) is 20.3 Å². The van der Waals surface area contributed by atoms with E-state index in [4.69, 9.17) is 0 Å². The van der Waals surface area contributed by atoms with Gasteiger partial charge in [-0.15, -0.1) is 11.3 Å². The fourth-order valence-corrected chi connectivity index (χ4v) is 4.74. The van der Waals surface area contributed by atoms with Crippen molar-refractivity contribution in [1.29, 1.82) is 0 Å². The summed E-state index contributed by atoms with van der Waals surface area (Å²) in [6, 6.07) is 1.76. The van der Waals surface area contributed by atoms with E-state index in [9.17, 15) is 8.42 Å². The summed E-state index contributed by atoms with van der Waals surface area (Å²) in [6.45, 7) is 9.67. The Morgan fingerprint density at radius 2 is 1.95 bits per heavy atom. The quantitative estimate of drug-likeness (QED) is 0.688.